The van der Waals surface area contributed by atoms with E-state index in [-0.39, 0.29) is 33.5 Å². The molecule has 1 heterocycles. The molecule has 2 aliphatic rings. The Labute approximate surface area is 159 Å². The van der Waals surface area contributed by atoms with E-state index in [0.717, 1.165) is 0 Å². The fourth-order valence-electron chi connectivity index (χ4n) is 3.42. The molecule has 0 saturated heterocycles. The molecule has 0 unspecified atom stereocenters. The van der Waals surface area contributed by atoms with E-state index in [2.05, 4.69) is 0 Å². The van der Waals surface area contributed by atoms with Crippen molar-refractivity contribution in [3.05, 3.63) is 101 Å². The third-order valence-electron chi connectivity index (χ3n) is 4.64. The molecule has 0 radical (unpaired) electrons. The average Bonchev–Trinajstić information content (AvgIpc) is 3.20. The van der Waals surface area contributed by atoms with Crippen LogP contribution in [0.25, 0.3) is 10.8 Å². The highest BCUT2D eigenvalue weighted by Crippen LogP contribution is 2.45. The van der Waals surface area contributed by atoms with Crippen LogP contribution in [0, 0.1) is 0 Å². The number of ketones is 2. The lowest BCUT2D eigenvalue weighted by molar-refractivity contribution is 0.0990. The van der Waals surface area contributed by atoms with Gasteiger partial charge in [0.25, 0.3) is 0 Å². The second kappa shape index (κ2) is 5.83. The molecule has 1 aromatic heterocycles. The predicted molar refractivity (Wildman–Crippen MR) is 101 cm³/mol. The average molecular weight is 375 g/mol. The predicted octanol–water partition coefficient (Wildman–Crippen LogP) is 5.11. The minimum absolute atomic E-state index is 0.119. The maximum Gasteiger partial charge on any atom is 0.201 e. The van der Waals surface area contributed by atoms with E-state index in [1.54, 1.807) is 42.5 Å². The maximum atomic E-state index is 13.2. The standard InChI is InChI=1S/C22H11ClO4/c23-18-16-17(20(25)15-10-11-26-22(15)18)21(27-12-6-2-1-3-7-12)14-9-5-4-8-13(14)19(16)24/h1-11H. The Balaban J connectivity index is 1.84. The smallest absolute Gasteiger partial charge is 0.201 e. The van der Waals surface area contributed by atoms with Crippen molar-refractivity contribution in [2.45, 2.75) is 0 Å². The van der Waals surface area contributed by atoms with Gasteiger partial charge < -0.3 is 9.15 Å². The molecule has 0 bridgehead atoms. The summed E-state index contributed by atoms with van der Waals surface area (Å²) in [6.45, 7) is 0. The Kier molecular flexibility index (Phi) is 3.42. The molecule has 2 aliphatic carbocycles. The Bertz CT molecular complexity index is 1180. The molecule has 0 spiro atoms. The topological polar surface area (TPSA) is 56.5 Å². The van der Waals surface area contributed by atoms with Crippen LogP contribution in [0.4, 0.5) is 0 Å². The first-order valence-corrected chi connectivity index (χ1v) is 8.68. The van der Waals surface area contributed by atoms with Gasteiger partial charge in [-0.05, 0) is 18.2 Å². The number of halogens is 1. The van der Waals surface area contributed by atoms with Crippen LogP contribution in [0.5, 0.6) is 5.75 Å². The monoisotopic (exact) mass is 374 g/mol. The van der Waals surface area contributed by atoms with Crippen molar-refractivity contribution in [2.24, 2.45) is 0 Å². The number of benzene rings is 2. The largest absolute Gasteiger partial charge is 0.463 e. The van der Waals surface area contributed by atoms with Crippen LogP contribution in [-0.2, 0) is 0 Å². The lowest BCUT2D eigenvalue weighted by Crippen LogP contribution is -2.26. The molecule has 0 saturated carbocycles. The minimum atomic E-state index is -0.341. The van der Waals surface area contributed by atoms with E-state index in [1.165, 1.54) is 6.26 Å². The van der Waals surface area contributed by atoms with Gasteiger partial charge in [0.15, 0.2) is 11.5 Å². The zero-order valence-corrected chi connectivity index (χ0v) is 14.6. The summed E-state index contributed by atoms with van der Waals surface area (Å²) in [5.74, 6) is 0.437. The highest BCUT2D eigenvalue weighted by atomic mass is 35.5. The van der Waals surface area contributed by atoms with Crippen molar-refractivity contribution in [1.29, 1.82) is 0 Å². The van der Waals surface area contributed by atoms with Crippen LogP contribution in [0.1, 0.15) is 32.0 Å². The van der Waals surface area contributed by atoms with Crippen LogP contribution >= 0.6 is 11.6 Å². The number of carbonyl (C=O) groups is 2. The summed E-state index contributed by atoms with van der Waals surface area (Å²) in [6.07, 6.45) is 1.39. The molecule has 0 aliphatic heterocycles. The lowest BCUT2D eigenvalue weighted by Gasteiger charge is -2.26. The van der Waals surface area contributed by atoms with Gasteiger partial charge in [-0.15, -0.1) is 0 Å². The summed E-state index contributed by atoms with van der Waals surface area (Å²) in [7, 11) is 0. The van der Waals surface area contributed by atoms with Gasteiger partial charge in [-0.3, -0.25) is 9.59 Å². The van der Waals surface area contributed by atoms with Crippen LogP contribution in [0.15, 0.2) is 82.5 Å². The van der Waals surface area contributed by atoms with Crippen LogP contribution < -0.4 is 4.74 Å². The number of hydrogen-bond donors (Lipinski definition) is 0. The highest BCUT2D eigenvalue weighted by molar-refractivity contribution is 6.55. The van der Waals surface area contributed by atoms with Crippen molar-refractivity contribution in [1.82, 2.24) is 0 Å². The third kappa shape index (κ3) is 2.24. The molecule has 4 nitrogen and oxygen atoms in total. The van der Waals surface area contributed by atoms with E-state index >= 15 is 0 Å². The SMILES string of the molecule is O=C1C2=C(Cl)c3occc3C(=O)C2=C(Oc2ccccc2)c2ccccc21. The van der Waals surface area contributed by atoms with Gasteiger partial charge in [0.2, 0.25) is 5.78 Å². The molecule has 0 N–H and O–H groups in total. The lowest BCUT2D eigenvalue weighted by atomic mass is 9.79. The van der Waals surface area contributed by atoms with Gasteiger partial charge in [0.1, 0.15) is 11.5 Å². The van der Waals surface area contributed by atoms with E-state index < -0.39 is 0 Å². The van der Waals surface area contributed by atoms with Crippen molar-refractivity contribution in [2.75, 3.05) is 0 Å². The molecule has 5 rings (SSSR count). The van der Waals surface area contributed by atoms with E-state index in [4.69, 9.17) is 20.8 Å². The van der Waals surface area contributed by atoms with Crippen molar-refractivity contribution < 1.29 is 18.7 Å². The van der Waals surface area contributed by atoms with Gasteiger partial charge in [-0.25, -0.2) is 0 Å². The molecule has 3 aromatic rings. The number of para-hydroxylation sites is 1. The summed E-state index contributed by atoms with van der Waals surface area (Å²) < 4.78 is 11.4. The van der Waals surface area contributed by atoms with Crippen molar-refractivity contribution in [3.63, 3.8) is 0 Å². The zero-order chi connectivity index (χ0) is 18.5. The first kappa shape index (κ1) is 15.9. The fourth-order valence-corrected chi connectivity index (χ4v) is 3.75. The number of ether oxygens (including phenoxy) is 1. The molecular formula is C22H11ClO4. The van der Waals surface area contributed by atoms with Crippen molar-refractivity contribution >= 4 is 34.0 Å². The third-order valence-corrected chi connectivity index (χ3v) is 5.00. The molecule has 2 aromatic carbocycles. The second-order valence-corrected chi connectivity index (χ2v) is 6.55. The molecule has 0 amide bonds. The number of fused-ring (bicyclic) bond motifs is 3. The number of allylic oxidation sites excluding steroid dienone is 2. The zero-order valence-electron chi connectivity index (χ0n) is 13.9. The molecule has 27 heavy (non-hydrogen) atoms. The first-order valence-electron chi connectivity index (χ1n) is 8.31. The summed E-state index contributed by atoms with van der Waals surface area (Å²) in [6, 6.07) is 17.7. The van der Waals surface area contributed by atoms with Crippen LogP contribution in [0.2, 0.25) is 0 Å². The molecular weight excluding hydrogens is 364 g/mol. The van der Waals surface area contributed by atoms with Crippen LogP contribution in [0.3, 0.4) is 0 Å². The number of rotatable bonds is 2. The fraction of sp³-hybridized carbons (Fsp3) is 0. The Morgan fingerprint density at radius 2 is 1.41 bits per heavy atom. The summed E-state index contributed by atoms with van der Waals surface area (Å²) in [4.78, 5) is 26.3. The normalized spacial score (nSPS) is 15.4. The summed E-state index contributed by atoms with van der Waals surface area (Å²) in [5, 5.41) is 0.123. The van der Waals surface area contributed by atoms with Gasteiger partial charge in [-0.2, -0.15) is 0 Å². The Hall–Kier alpha value is -3.37. The molecule has 0 fully saturated rings. The van der Waals surface area contributed by atoms with E-state index in [9.17, 15) is 9.59 Å². The van der Waals surface area contributed by atoms with Gasteiger partial charge >= 0.3 is 0 Å². The number of furan rings is 1. The minimum Gasteiger partial charge on any atom is -0.463 e. The quantitative estimate of drug-likeness (QED) is 0.625. The number of Topliss-reactive ketones (excluding diaryl/α,β-unsaturated/α-hetero) is 2. The van der Waals surface area contributed by atoms with E-state index in [0.29, 0.717) is 28.2 Å². The van der Waals surface area contributed by atoms with Crippen LogP contribution in [-0.4, -0.2) is 11.6 Å². The maximum absolute atomic E-state index is 13.2. The second-order valence-electron chi connectivity index (χ2n) is 6.18. The summed E-state index contributed by atoms with van der Waals surface area (Å²) >= 11 is 6.48. The molecule has 5 heteroatoms. The van der Waals surface area contributed by atoms with Crippen molar-refractivity contribution in [3.8, 4) is 5.75 Å². The first-order chi connectivity index (χ1) is 13.2. The summed E-state index contributed by atoms with van der Waals surface area (Å²) in [5.41, 5.74) is 1.60. The Morgan fingerprint density at radius 1 is 0.741 bits per heavy atom. The van der Waals surface area contributed by atoms with Gasteiger partial charge in [-0.1, -0.05) is 54.1 Å². The number of hydrogen-bond acceptors (Lipinski definition) is 4. The number of carbonyl (C=O) groups excluding carboxylic acids is 2. The highest BCUT2D eigenvalue weighted by Gasteiger charge is 2.42. The van der Waals surface area contributed by atoms with E-state index in [1.807, 2.05) is 18.2 Å². The Morgan fingerprint density at radius 3 is 2.19 bits per heavy atom. The van der Waals surface area contributed by atoms with Gasteiger partial charge in [0, 0.05) is 11.1 Å². The molecule has 0 atom stereocenters. The molecule has 130 valence electrons. The van der Waals surface area contributed by atoms with Gasteiger partial charge in [0.05, 0.1) is 28.0 Å².